The summed E-state index contributed by atoms with van der Waals surface area (Å²) in [4.78, 5) is 12.1. The van der Waals surface area contributed by atoms with Gasteiger partial charge in [0, 0.05) is 4.47 Å². The number of anilines is 1. The van der Waals surface area contributed by atoms with Crippen LogP contribution in [0.5, 0.6) is 0 Å². The topological polar surface area (TPSA) is 75.3 Å². The van der Waals surface area contributed by atoms with E-state index in [-0.39, 0.29) is 10.6 Å². The number of benzene rings is 2. The Morgan fingerprint density at radius 1 is 1.17 bits per heavy atom. The van der Waals surface area contributed by atoms with Gasteiger partial charge < -0.3 is 5.32 Å². The molecule has 0 bridgehead atoms. The van der Waals surface area contributed by atoms with Crippen molar-refractivity contribution in [3.63, 3.8) is 0 Å². The van der Waals surface area contributed by atoms with Crippen LogP contribution in [0.25, 0.3) is 0 Å². The zero-order valence-corrected chi connectivity index (χ0v) is 14.5. The maximum atomic E-state index is 13.7. The highest BCUT2D eigenvalue weighted by atomic mass is 79.9. The Labute approximate surface area is 142 Å². The molecule has 0 aliphatic carbocycles. The summed E-state index contributed by atoms with van der Waals surface area (Å²) in [6.07, 6.45) is 0. The molecule has 0 aromatic heterocycles. The molecule has 1 atom stereocenters. The fourth-order valence-corrected chi connectivity index (χ4v) is 3.34. The number of carbonyl (C=O) groups excluding carboxylic acids is 1. The van der Waals surface area contributed by atoms with Gasteiger partial charge in [-0.1, -0.05) is 34.1 Å². The van der Waals surface area contributed by atoms with Crippen molar-refractivity contribution in [3.8, 4) is 0 Å². The predicted molar refractivity (Wildman–Crippen MR) is 89.0 cm³/mol. The molecule has 0 saturated heterocycles. The molecule has 0 heterocycles. The molecule has 5 nitrogen and oxygen atoms in total. The third kappa shape index (κ3) is 4.60. The second-order valence-electron chi connectivity index (χ2n) is 4.77. The highest BCUT2D eigenvalue weighted by Gasteiger charge is 2.22. The minimum atomic E-state index is -3.83. The molecule has 1 amide bonds. The zero-order valence-electron chi connectivity index (χ0n) is 12.1. The number of halogens is 2. The molecule has 122 valence electrons. The maximum absolute atomic E-state index is 13.7. The van der Waals surface area contributed by atoms with E-state index in [9.17, 15) is 17.6 Å². The Kier molecular flexibility index (Phi) is 5.51. The van der Waals surface area contributed by atoms with Crippen LogP contribution in [0.3, 0.4) is 0 Å². The van der Waals surface area contributed by atoms with Gasteiger partial charge in [-0.15, -0.1) is 0 Å². The van der Waals surface area contributed by atoms with E-state index in [2.05, 4.69) is 26.0 Å². The molecule has 0 spiro atoms. The molecule has 2 aromatic carbocycles. The van der Waals surface area contributed by atoms with E-state index in [1.165, 1.54) is 31.2 Å². The number of carbonyl (C=O) groups is 1. The molecule has 0 aliphatic rings. The van der Waals surface area contributed by atoms with Gasteiger partial charge in [0.1, 0.15) is 5.82 Å². The van der Waals surface area contributed by atoms with Crippen LogP contribution >= 0.6 is 15.9 Å². The average molecular weight is 401 g/mol. The minimum absolute atomic E-state index is 0.0241. The second kappa shape index (κ2) is 7.20. The highest BCUT2D eigenvalue weighted by Crippen LogP contribution is 2.19. The number of rotatable bonds is 5. The Hall–Kier alpha value is -1.77. The van der Waals surface area contributed by atoms with Gasteiger partial charge in [0.25, 0.3) is 0 Å². The smallest absolute Gasteiger partial charge is 0.242 e. The number of amides is 1. The number of nitrogens with one attached hydrogen (secondary N) is 2. The van der Waals surface area contributed by atoms with E-state index in [1.54, 1.807) is 24.3 Å². The number of hydrogen-bond acceptors (Lipinski definition) is 3. The SMILES string of the molecule is C[C@H](NS(=O)(=O)c1ccccc1)C(=O)Nc1ccc(Br)cc1F. The fraction of sp³-hybridized carbons (Fsp3) is 0.133. The fourth-order valence-electron chi connectivity index (χ4n) is 1.79. The Morgan fingerprint density at radius 2 is 1.83 bits per heavy atom. The molecule has 2 rings (SSSR count). The summed E-state index contributed by atoms with van der Waals surface area (Å²) in [6.45, 7) is 1.38. The van der Waals surface area contributed by atoms with Crippen molar-refractivity contribution in [1.82, 2.24) is 4.72 Å². The van der Waals surface area contributed by atoms with Gasteiger partial charge in [0.05, 0.1) is 16.6 Å². The van der Waals surface area contributed by atoms with E-state index in [0.717, 1.165) is 0 Å². The van der Waals surface area contributed by atoms with Gasteiger partial charge in [-0.3, -0.25) is 4.79 Å². The molecular formula is C15H14BrFN2O3S. The normalized spacial score (nSPS) is 12.7. The molecule has 23 heavy (non-hydrogen) atoms. The van der Waals surface area contributed by atoms with Crippen molar-refractivity contribution in [1.29, 1.82) is 0 Å². The average Bonchev–Trinajstić information content (AvgIpc) is 2.50. The first-order chi connectivity index (χ1) is 10.8. The Bertz CT molecular complexity index is 813. The summed E-state index contributed by atoms with van der Waals surface area (Å²) in [6, 6.07) is 10.8. The van der Waals surface area contributed by atoms with Crippen molar-refractivity contribution in [2.45, 2.75) is 17.9 Å². The van der Waals surface area contributed by atoms with Crippen molar-refractivity contribution in [2.24, 2.45) is 0 Å². The van der Waals surface area contributed by atoms with Gasteiger partial charge in [-0.05, 0) is 37.3 Å². The van der Waals surface area contributed by atoms with Crippen LogP contribution in [0.1, 0.15) is 6.92 Å². The molecule has 0 aliphatic heterocycles. The molecule has 0 saturated carbocycles. The molecular weight excluding hydrogens is 387 g/mol. The predicted octanol–water partition coefficient (Wildman–Crippen LogP) is 2.89. The van der Waals surface area contributed by atoms with E-state index < -0.39 is 27.8 Å². The van der Waals surface area contributed by atoms with Crippen LogP contribution in [0.2, 0.25) is 0 Å². The van der Waals surface area contributed by atoms with Crippen LogP contribution in [0.15, 0.2) is 57.9 Å². The first-order valence-corrected chi connectivity index (χ1v) is 8.90. The van der Waals surface area contributed by atoms with E-state index in [1.807, 2.05) is 0 Å². The van der Waals surface area contributed by atoms with Crippen molar-refractivity contribution in [2.75, 3.05) is 5.32 Å². The number of hydrogen-bond donors (Lipinski definition) is 2. The lowest BCUT2D eigenvalue weighted by Gasteiger charge is -2.15. The quantitative estimate of drug-likeness (QED) is 0.809. The van der Waals surface area contributed by atoms with Crippen LogP contribution in [-0.4, -0.2) is 20.4 Å². The Morgan fingerprint density at radius 3 is 2.43 bits per heavy atom. The summed E-state index contributed by atoms with van der Waals surface area (Å²) in [5, 5.41) is 2.35. The molecule has 0 radical (unpaired) electrons. The molecule has 0 unspecified atom stereocenters. The summed E-state index contributed by atoms with van der Waals surface area (Å²) >= 11 is 3.11. The van der Waals surface area contributed by atoms with E-state index in [0.29, 0.717) is 4.47 Å². The van der Waals surface area contributed by atoms with Crippen LogP contribution in [-0.2, 0) is 14.8 Å². The monoisotopic (exact) mass is 400 g/mol. The van der Waals surface area contributed by atoms with Gasteiger partial charge in [-0.2, -0.15) is 4.72 Å². The van der Waals surface area contributed by atoms with Gasteiger partial charge in [-0.25, -0.2) is 12.8 Å². The molecule has 8 heteroatoms. The molecule has 0 fully saturated rings. The summed E-state index contributed by atoms with van der Waals surface area (Å²) in [5.74, 6) is -1.28. The van der Waals surface area contributed by atoms with Crippen molar-refractivity contribution in [3.05, 3.63) is 58.8 Å². The lowest BCUT2D eigenvalue weighted by molar-refractivity contribution is -0.117. The van der Waals surface area contributed by atoms with Crippen LogP contribution in [0, 0.1) is 5.82 Å². The van der Waals surface area contributed by atoms with Gasteiger partial charge in [0.2, 0.25) is 15.9 Å². The summed E-state index contributed by atoms with van der Waals surface area (Å²) in [7, 11) is -3.83. The zero-order chi connectivity index (χ0) is 17.0. The van der Waals surface area contributed by atoms with Crippen molar-refractivity contribution < 1.29 is 17.6 Å². The third-order valence-corrected chi connectivity index (χ3v) is 5.02. The number of sulfonamides is 1. The summed E-state index contributed by atoms with van der Waals surface area (Å²) in [5.41, 5.74) is -0.0241. The maximum Gasteiger partial charge on any atom is 0.242 e. The van der Waals surface area contributed by atoms with Crippen LogP contribution < -0.4 is 10.0 Å². The second-order valence-corrected chi connectivity index (χ2v) is 7.40. The van der Waals surface area contributed by atoms with Crippen LogP contribution in [0.4, 0.5) is 10.1 Å². The van der Waals surface area contributed by atoms with Gasteiger partial charge in [0.15, 0.2) is 0 Å². The lowest BCUT2D eigenvalue weighted by Crippen LogP contribution is -2.41. The minimum Gasteiger partial charge on any atom is -0.322 e. The Balaban J connectivity index is 2.08. The van der Waals surface area contributed by atoms with Crippen molar-refractivity contribution >= 4 is 37.5 Å². The van der Waals surface area contributed by atoms with E-state index in [4.69, 9.17) is 0 Å². The summed E-state index contributed by atoms with van der Waals surface area (Å²) < 4.78 is 40.8. The largest absolute Gasteiger partial charge is 0.322 e. The first-order valence-electron chi connectivity index (χ1n) is 6.63. The first kappa shape index (κ1) is 17.6. The lowest BCUT2D eigenvalue weighted by atomic mass is 10.2. The standard InChI is InChI=1S/C15H14BrFN2O3S/c1-10(19-23(21,22)12-5-3-2-4-6-12)15(20)18-14-8-7-11(16)9-13(14)17/h2-10,19H,1H3,(H,18,20)/t10-/m0/s1. The van der Waals surface area contributed by atoms with E-state index >= 15 is 0 Å². The molecule has 2 aromatic rings. The molecule has 2 N–H and O–H groups in total. The third-order valence-electron chi connectivity index (χ3n) is 2.97. The van der Waals surface area contributed by atoms with Gasteiger partial charge >= 0.3 is 0 Å². The highest BCUT2D eigenvalue weighted by molar-refractivity contribution is 9.10.